The molecule has 0 spiro atoms. The first kappa shape index (κ1) is 67.5. The van der Waals surface area contributed by atoms with Crippen LogP contribution in [0.4, 0.5) is 34.1 Å². The SMILES string of the molecule is CCCCCCCCC1(CCCCCCCC)c2cc(-c3ccccc3)ccc2-c2ccc(-c3ccc(N(c4ccc(C)cc4)c4ccc5c(c4)C(CCCCCCCC)(CCCCCCCC)c4cc(N(c6ccc(C)cc6)c6ccc(Br)cc6)ccc4-5)cc3)cc21. The maximum Gasteiger partial charge on any atom is 0.0465 e. The summed E-state index contributed by atoms with van der Waals surface area (Å²) in [6.45, 7) is 13.8. The molecule has 0 saturated carbocycles. The van der Waals surface area contributed by atoms with Gasteiger partial charge in [0.25, 0.3) is 0 Å². The van der Waals surface area contributed by atoms with Gasteiger partial charge in [-0.1, -0.05) is 312 Å². The number of anilines is 6. The Labute approximate surface area is 570 Å². The van der Waals surface area contributed by atoms with Gasteiger partial charge in [-0.15, -0.1) is 0 Å². The maximum atomic E-state index is 3.76. The van der Waals surface area contributed by atoms with Gasteiger partial charge in [0.1, 0.15) is 0 Å². The molecule has 484 valence electrons. The molecule has 0 heterocycles. The number of benzene rings is 9. The molecule has 2 aliphatic carbocycles. The van der Waals surface area contributed by atoms with Crippen molar-refractivity contribution in [2.24, 2.45) is 0 Å². The topological polar surface area (TPSA) is 6.48 Å². The van der Waals surface area contributed by atoms with Gasteiger partial charge in [0.15, 0.2) is 0 Å². The molecule has 9 aromatic rings. The van der Waals surface area contributed by atoms with Crippen molar-refractivity contribution in [2.75, 3.05) is 9.80 Å². The quantitative estimate of drug-likeness (QED) is 0.0361. The van der Waals surface area contributed by atoms with Crippen LogP contribution < -0.4 is 9.80 Å². The summed E-state index contributed by atoms with van der Waals surface area (Å²) in [5.74, 6) is 0. The number of rotatable bonds is 36. The Balaban J connectivity index is 0.998. The van der Waals surface area contributed by atoms with E-state index in [2.05, 4.69) is 267 Å². The highest BCUT2D eigenvalue weighted by atomic mass is 79.9. The Kier molecular flexibility index (Phi) is 23.9. The highest BCUT2D eigenvalue weighted by Gasteiger charge is 2.45. The zero-order valence-electron chi connectivity index (χ0n) is 57.6. The molecule has 2 nitrogen and oxygen atoms in total. The minimum absolute atomic E-state index is 0.0305. The molecule has 0 saturated heterocycles. The Morgan fingerprint density at radius 2 is 0.527 bits per heavy atom. The maximum absolute atomic E-state index is 3.76. The molecule has 0 unspecified atom stereocenters. The predicted octanol–water partition coefficient (Wildman–Crippen LogP) is 28.9. The van der Waals surface area contributed by atoms with Crippen LogP contribution in [-0.2, 0) is 10.8 Å². The molecule has 0 bridgehead atoms. The molecule has 2 aliphatic rings. The fraction of sp³-hybridized carbons (Fsp3) is 0.400. The highest BCUT2D eigenvalue weighted by molar-refractivity contribution is 9.10. The van der Waals surface area contributed by atoms with E-state index in [0.29, 0.717) is 0 Å². The summed E-state index contributed by atoms with van der Waals surface area (Å²) in [6, 6.07) is 78.2. The standard InChI is InChI=1S/C90H107BrN2/c1-7-11-15-19-23-30-60-89(61-31-24-20-16-12-8-2)85-64-72(70-34-28-27-29-35-70)42-56-81(85)82-57-43-73(65-86(82)89)71-40-50-77(51-41-71)92(75-46-36-68(5)37-47-75)79-54-58-83-84-59-55-80(93(76-48-38-69(6)39-49-76)78-52-44-74(91)45-53-78)67-88(84)90(87(83)66-79,62-32-25-21-17-13-9-3)63-33-26-22-18-14-10-4/h27-29,34-59,64-67H,7-26,30-33,60-63H2,1-6H3. The van der Waals surface area contributed by atoms with Gasteiger partial charge in [-0.05, 0) is 203 Å². The molecule has 9 aromatic carbocycles. The molecular formula is C90H107BrN2. The smallest absolute Gasteiger partial charge is 0.0465 e. The summed E-state index contributed by atoms with van der Waals surface area (Å²) in [5.41, 5.74) is 26.6. The summed E-state index contributed by atoms with van der Waals surface area (Å²) in [5, 5.41) is 0. The molecule has 0 N–H and O–H groups in total. The van der Waals surface area contributed by atoms with Gasteiger partial charge < -0.3 is 9.80 Å². The molecule has 11 rings (SSSR count). The first-order valence-corrected chi connectivity index (χ1v) is 37.7. The number of unbranched alkanes of at least 4 members (excludes halogenated alkanes) is 20. The van der Waals surface area contributed by atoms with E-state index in [1.165, 1.54) is 262 Å². The average Bonchev–Trinajstić information content (AvgIpc) is 1.58. The highest BCUT2D eigenvalue weighted by Crippen LogP contribution is 2.59. The van der Waals surface area contributed by atoms with Crippen molar-refractivity contribution in [3.63, 3.8) is 0 Å². The Morgan fingerprint density at radius 1 is 0.258 bits per heavy atom. The second kappa shape index (κ2) is 32.9. The van der Waals surface area contributed by atoms with Crippen molar-refractivity contribution in [1.82, 2.24) is 0 Å². The van der Waals surface area contributed by atoms with E-state index in [0.717, 1.165) is 23.0 Å². The Morgan fingerprint density at radius 3 is 0.882 bits per heavy atom. The lowest BCUT2D eigenvalue weighted by Gasteiger charge is -2.35. The van der Waals surface area contributed by atoms with Crippen molar-refractivity contribution in [3.05, 3.63) is 238 Å². The van der Waals surface area contributed by atoms with E-state index >= 15 is 0 Å². The van der Waals surface area contributed by atoms with E-state index in [4.69, 9.17) is 0 Å². The first-order chi connectivity index (χ1) is 45.7. The van der Waals surface area contributed by atoms with Crippen LogP contribution in [0.5, 0.6) is 0 Å². The Hall–Kier alpha value is -6.94. The van der Waals surface area contributed by atoms with Gasteiger partial charge >= 0.3 is 0 Å². The zero-order valence-corrected chi connectivity index (χ0v) is 59.2. The number of halogens is 1. The van der Waals surface area contributed by atoms with Crippen LogP contribution in [0.25, 0.3) is 44.5 Å². The molecule has 0 aliphatic heterocycles. The van der Waals surface area contributed by atoms with Crippen molar-refractivity contribution in [1.29, 1.82) is 0 Å². The van der Waals surface area contributed by atoms with E-state index in [1.54, 1.807) is 11.1 Å². The van der Waals surface area contributed by atoms with Gasteiger partial charge in [0.2, 0.25) is 0 Å². The van der Waals surface area contributed by atoms with Crippen LogP contribution >= 0.6 is 15.9 Å². The molecule has 3 heteroatoms. The summed E-state index contributed by atoms with van der Waals surface area (Å²) < 4.78 is 1.09. The van der Waals surface area contributed by atoms with Crippen molar-refractivity contribution in [3.8, 4) is 44.5 Å². The first-order valence-electron chi connectivity index (χ1n) is 36.9. The lowest BCUT2D eigenvalue weighted by atomic mass is 9.70. The largest absolute Gasteiger partial charge is 0.310 e. The summed E-state index contributed by atoms with van der Waals surface area (Å²) >= 11 is 3.76. The minimum Gasteiger partial charge on any atom is -0.310 e. The van der Waals surface area contributed by atoms with Gasteiger partial charge in [0.05, 0.1) is 0 Å². The third kappa shape index (κ3) is 15.7. The van der Waals surface area contributed by atoms with Crippen LogP contribution in [0.3, 0.4) is 0 Å². The predicted molar refractivity (Wildman–Crippen MR) is 408 cm³/mol. The molecular weight excluding hydrogens is 1190 g/mol. The summed E-state index contributed by atoms with van der Waals surface area (Å²) in [6.07, 6.45) is 35.8. The molecule has 93 heavy (non-hydrogen) atoms. The number of hydrogen-bond donors (Lipinski definition) is 0. The zero-order chi connectivity index (χ0) is 64.4. The lowest BCUT2D eigenvalue weighted by molar-refractivity contribution is 0.398. The Bertz CT molecular complexity index is 3700. The van der Waals surface area contributed by atoms with Crippen LogP contribution in [0.1, 0.15) is 241 Å². The van der Waals surface area contributed by atoms with Crippen LogP contribution in [0.15, 0.2) is 205 Å². The van der Waals surface area contributed by atoms with Crippen LogP contribution in [0.2, 0.25) is 0 Å². The monoisotopic (exact) mass is 1290 g/mol. The van der Waals surface area contributed by atoms with E-state index in [-0.39, 0.29) is 10.8 Å². The van der Waals surface area contributed by atoms with Crippen molar-refractivity contribution < 1.29 is 0 Å². The van der Waals surface area contributed by atoms with E-state index in [9.17, 15) is 0 Å². The van der Waals surface area contributed by atoms with Gasteiger partial charge in [-0.25, -0.2) is 0 Å². The normalized spacial score (nSPS) is 13.2. The van der Waals surface area contributed by atoms with E-state index < -0.39 is 0 Å². The van der Waals surface area contributed by atoms with Crippen molar-refractivity contribution in [2.45, 2.75) is 232 Å². The fourth-order valence-electron chi connectivity index (χ4n) is 16.1. The summed E-state index contributed by atoms with van der Waals surface area (Å²) in [7, 11) is 0. The van der Waals surface area contributed by atoms with Gasteiger partial charge in [-0.3, -0.25) is 0 Å². The third-order valence-corrected chi connectivity index (χ3v) is 21.8. The number of hydrogen-bond acceptors (Lipinski definition) is 2. The van der Waals surface area contributed by atoms with E-state index in [1.807, 2.05) is 0 Å². The lowest BCUT2D eigenvalue weighted by Crippen LogP contribution is -2.26. The third-order valence-electron chi connectivity index (χ3n) is 21.3. The number of aryl methyl sites for hydroxylation is 2. The molecule has 0 atom stereocenters. The molecule has 0 aromatic heterocycles. The van der Waals surface area contributed by atoms with Crippen molar-refractivity contribution >= 4 is 50.1 Å². The average molecular weight is 1300 g/mol. The molecule has 0 fully saturated rings. The minimum atomic E-state index is -0.149. The second-order valence-electron chi connectivity index (χ2n) is 27.9. The number of fused-ring (bicyclic) bond motifs is 6. The van der Waals surface area contributed by atoms with Crippen LogP contribution in [0, 0.1) is 13.8 Å². The summed E-state index contributed by atoms with van der Waals surface area (Å²) in [4.78, 5) is 5.04. The molecule has 0 amide bonds. The van der Waals surface area contributed by atoms with Gasteiger partial charge in [-0.2, -0.15) is 0 Å². The second-order valence-corrected chi connectivity index (χ2v) is 28.9. The van der Waals surface area contributed by atoms with Crippen LogP contribution in [-0.4, -0.2) is 0 Å². The van der Waals surface area contributed by atoms with Gasteiger partial charge in [0, 0.05) is 49.4 Å². The number of nitrogens with zero attached hydrogens (tertiary/aromatic N) is 2. The molecule has 0 radical (unpaired) electrons. The fourth-order valence-corrected chi connectivity index (χ4v) is 16.3.